The number of unbranched alkanes of at least 4 members (excludes halogenated alkanes) is 1. The molecule has 4 rings (SSSR count). The zero-order valence-electron chi connectivity index (χ0n) is 18.7. The van der Waals surface area contributed by atoms with Gasteiger partial charge in [0.25, 0.3) is 0 Å². The molecule has 1 atom stereocenters. The van der Waals surface area contributed by atoms with E-state index < -0.39 is 18.0 Å². The van der Waals surface area contributed by atoms with Gasteiger partial charge in [-0.1, -0.05) is 36.4 Å². The molecule has 2 aromatic carbocycles. The van der Waals surface area contributed by atoms with Crippen LogP contribution in [-0.2, 0) is 16.0 Å². The van der Waals surface area contributed by atoms with E-state index in [0.717, 1.165) is 28.6 Å². The minimum absolute atomic E-state index is 0.198. The van der Waals surface area contributed by atoms with Crippen molar-refractivity contribution in [2.45, 2.75) is 38.1 Å². The number of hydrogen-bond acceptors (Lipinski definition) is 5. The van der Waals surface area contributed by atoms with Crippen molar-refractivity contribution in [3.8, 4) is 0 Å². The summed E-state index contributed by atoms with van der Waals surface area (Å²) in [6, 6.07) is 14.2. The van der Waals surface area contributed by atoms with E-state index in [1.165, 1.54) is 4.90 Å². The predicted molar refractivity (Wildman–Crippen MR) is 127 cm³/mol. The zero-order valence-corrected chi connectivity index (χ0v) is 18.7. The number of carboxylic acid groups (broad SMARTS) is 1. The summed E-state index contributed by atoms with van der Waals surface area (Å²) >= 11 is 0. The van der Waals surface area contributed by atoms with Gasteiger partial charge in [0.2, 0.25) is 11.9 Å². The van der Waals surface area contributed by atoms with Gasteiger partial charge in [-0.2, -0.15) is 0 Å². The van der Waals surface area contributed by atoms with E-state index in [0.29, 0.717) is 31.9 Å². The van der Waals surface area contributed by atoms with Crippen LogP contribution in [0.25, 0.3) is 11.0 Å². The Morgan fingerprint density at radius 3 is 2.68 bits per heavy atom. The largest absolute Gasteiger partial charge is 0.481 e. The lowest BCUT2D eigenvalue weighted by Crippen LogP contribution is -2.52. The number of carbonyl (C=O) groups excluding carboxylic acids is 2. The van der Waals surface area contributed by atoms with Crippen molar-refractivity contribution in [2.75, 3.05) is 18.4 Å². The Bertz CT molecular complexity index is 1140. The molecule has 0 aliphatic carbocycles. The number of nitrogens with one attached hydrogen (secondary N) is 4. The summed E-state index contributed by atoms with van der Waals surface area (Å²) in [5, 5.41) is 12.5. The first-order chi connectivity index (χ1) is 16.5. The molecule has 10 nitrogen and oxygen atoms in total. The Morgan fingerprint density at radius 1 is 1.06 bits per heavy atom. The van der Waals surface area contributed by atoms with Crippen LogP contribution in [0.15, 0.2) is 48.5 Å². The summed E-state index contributed by atoms with van der Waals surface area (Å²) in [5.74, 6) is -0.596. The van der Waals surface area contributed by atoms with E-state index in [9.17, 15) is 19.5 Å². The third-order valence-electron chi connectivity index (χ3n) is 5.86. The number of nitrogens with zero attached hydrogens (tertiary/aromatic N) is 2. The number of hydrogen-bond donors (Lipinski definition) is 5. The standard InChI is InChI=1S/C24H28N6O4/c31-21(11-5-6-13-25-23-26-18-9-3-4-10-19(18)27-23)28-29-24(34)30-14-12-16-7-1-2-8-17(16)20(30)15-22(32)33/h1-4,7-10,20H,5-6,11-15H2,(H,28,31)(H,29,34)(H,32,33)(H2,25,26,27). The molecule has 5 N–H and O–H groups in total. The highest BCUT2D eigenvalue weighted by atomic mass is 16.4. The quantitative estimate of drug-likeness (QED) is 0.257. The molecular weight excluding hydrogens is 436 g/mol. The van der Waals surface area contributed by atoms with Gasteiger partial charge < -0.3 is 20.3 Å². The van der Waals surface area contributed by atoms with Crippen molar-refractivity contribution in [1.29, 1.82) is 0 Å². The van der Waals surface area contributed by atoms with E-state index in [1.54, 1.807) is 0 Å². The second-order valence-electron chi connectivity index (χ2n) is 8.22. The summed E-state index contributed by atoms with van der Waals surface area (Å²) in [7, 11) is 0. The van der Waals surface area contributed by atoms with E-state index in [1.807, 2.05) is 48.5 Å². The average Bonchev–Trinajstić information content (AvgIpc) is 3.25. The van der Waals surface area contributed by atoms with Gasteiger partial charge in [-0.3, -0.25) is 15.0 Å². The molecule has 3 amide bonds. The van der Waals surface area contributed by atoms with Crippen LogP contribution in [0, 0.1) is 0 Å². The molecule has 1 aliphatic heterocycles. The smallest absolute Gasteiger partial charge is 0.336 e. The molecule has 34 heavy (non-hydrogen) atoms. The number of H-pyrrole nitrogens is 1. The summed E-state index contributed by atoms with van der Waals surface area (Å²) in [5.41, 5.74) is 8.59. The Balaban J connectivity index is 1.19. The first-order valence-electron chi connectivity index (χ1n) is 11.3. The van der Waals surface area contributed by atoms with Gasteiger partial charge in [0, 0.05) is 19.5 Å². The van der Waals surface area contributed by atoms with Crippen molar-refractivity contribution in [3.63, 3.8) is 0 Å². The van der Waals surface area contributed by atoms with Crippen molar-refractivity contribution in [2.24, 2.45) is 0 Å². The number of benzene rings is 2. The Labute approximate surface area is 196 Å². The molecule has 178 valence electrons. The fourth-order valence-electron chi connectivity index (χ4n) is 4.19. The first kappa shape index (κ1) is 23.1. The molecule has 1 aromatic heterocycles. The number of para-hydroxylation sites is 2. The maximum Gasteiger partial charge on any atom is 0.336 e. The lowest BCUT2D eigenvalue weighted by molar-refractivity contribution is -0.138. The van der Waals surface area contributed by atoms with Crippen molar-refractivity contribution >= 4 is 34.9 Å². The monoisotopic (exact) mass is 464 g/mol. The zero-order chi connectivity index (χ0) is 23.9. The number of rotatable bonds is 8. The van der Waals surface area contributed by atoms with Gasteiger partial charge in [-0.05, 0) is 42.5 Å². The van der Waals surface area contributed by atoms with E-state index in [4.69, 9.17) is 0 Å². The van der Waals surface area contributed by atoms with Crippen LogP contribution in [-0.4, -0.2) is 51.0 Å². The van der Waals surface area contributed by atoms with Crippen LogP contribution in [0.5, 0.6) is 0 Å². The van der Waals surface area contributed by atoms with Gasteiger partial charge in [0.05, 0.1) is 23.5 Å². The maximum absolute atomic E-state index is 12.7. The lowest BCUT2D eigenvalue weighted by atomic mass is 9.91. The number of amides is 3. The number of carboxylic acids is 1. The van der Waals surface area contributed by atoms with Crippen molar-refractivity contribution < 1.29 is 19.5 Å². The molecule has 2 heterocycles. The Hall–Kier alpha value is -4.08. The number of hydrazine groups is 1. The lowest BCUT2D eigenvalue weighted by Gasteiger charge is -2.36. The average molecular weight is 465 g/mol. The molecule has 0 radical (unpaired) electrons. The molecule has 0 saturated carbocycles. The highest BCUT2D eigenvalue weighted by Gasteiger charge is 2.32. The van der Waals surface area contributed by atoms with E-state index in [-0.39, 0.29) is 18.7 Å². The van der Waals surface area contributed by atoms with Gasteiger partial charge in [-0.15, -0.1) is 0 Å². The number of fused-ring (bicyclic) bond motifs is 2. The summed E-state index contributed by atoms with van der Waals surface area (Å²) < 4.78 is 0. The summed E-state index contributed by atoms with van der Waals surface area (Å²) in [6.45, 7) is 1.04. The molecule has 0 fully saturated rings. The number of carbonyl (C=O) groups is 3. The normalized spacial score (nSPS) is 14.9. The third kappa shape index (κ3) is 5.64. The first-order valence-corrected chi connectivity index (χ1v) is 11.3. The SMILES string of the molecule is O=C(O)CC1c2ccccc2CCN1C(=O)NNC(=O)CCCCNc1nc2ccccc2[nH]1. The van der Waals surface area contributed by atoms with Crippen molar-refractivity contribution in [3.05, 3.63) is 59.7 Å². The minimum atomic E-state index is -0.986. The van der Waals surface area contributed by atoms with Crippen LogP contribution < -0.4 is 16.2 Å². The van der Waals surface area contributed by atoms with Crippen LogP contribution >= 0.6 is 0 Å². The van der Waals surface area contributed by atoms with E-state index in [2.05, 4.69) is 26.1 Å². The summed E-state index contributed by atoms with van der Waals surface area (Å²) in [4.78, 5) is 45.3. The van der Waals surface area contributed by atoms with Crippen LogP contribution in [0.3, 0.4) is 0 Å². The number of anilines is 1. The number of aromatic amines is 1. The predicted octanol–water partition coefficient (Wildman–Crippen LogP) is 2.96. The number of imidazole rings is 1. The number of aliphatic carboxylic acids is 1. The molecule has 0 bridgehead atoms. The molecule has 0 saturated heterocycles. The maximum atomic E-state index is 12.7. The van der Waals surface area contributed by atoms with E-state index >= 15 is 0 Å². The Kier molecular flexibility index (Phi) is 7.26. The molecule has 10 heteroatoms. The number of urea groups is 1. The van der Waals surface area contributed by atoms with Crippen LogP contribution in [0.4, 0.5) is 10.7 Å². The molecule has 1 aliphatic rings. The second-order valence-corrected chi connectivity index (χ2v) is 8.22. The summed E-state index contributed by atoms with van der Waals surface area (Å²) in [6.07, 6.45) is 2.07. The second kappa shape index (κ2) is 10.7. The fraction of sp³-hybridized carbons (Fsp3) is 0.333. The number of aromatic nitrogens is 2. The molecular formula is C24H28N6O4. The molecule has 3 aromatic rings. The Morgan fingerprint density at radius 2 is 1.85 bits per heavy atom. The van der Waals surface area contributed by atoms with Crippen molar-refractivity contribution in [1.82, 2.24) is 25.7 Å². The van der Waals surface area contributed by atoms with Crippen LogP contribution in [0.2, 0.25) is 0 Å². The highest BCUT2D eigenvalue weighted by molar-refractivity contribution is 5.82. The van der Waals surface area contributed by atoms with Gasteiger partial charge in [0.15, 0.2) is 0 Å². The molecule has 1 unspecified atom stereocenters. The molecule has 0 spiro atoms. The fourth-order valence-corrected chi connectivity index (χ4v) is 4.19. The third-order valence-corrected chi connectivity index (χ3v) is 5.86. The van der Waals surface area contributed by atoms with Gasteiger partial charge in [-0.25, -0.2) is 15.2 Å². The van der Waals surface area contributed by atoms with Gasteiger partial charge in [0.1, 0.15) is 0 Å². The topological polar surface area (TPSA) is 139 Å². The van der Waals surface area contributed by atoms with Gasteiger partial charge >= 0.3 is 12.0 Å². The minimum Gasteiger partial charge on any atom is -0.481 e. The van der Waals surface area contributed by atoms with Crippen LogP contribution in [0.1, 0.15) is 42.9 Å². The highest BCUT2D eigenvalue weighted by Crippen LogP contribution is 2.32.